The summed E-state index contributed by atoms with van der Waals surface area (Å²) in [7, 11) is 0. The van der Waals surface area contributed by atoms with Crippen molar-refractivity contribution in [3.8, 4) is 0 Å². The van der Waals surface area contributed by atoms with Gasteiger partial charge in [0.25, 0.3) is 5.91 Å². The van der Waals surface area contributed by atoms with E-state index in [0.717, 1.165) is 37.5 Å². The van der Waals surface area contributed by atoms with E-state index in [1.165, 1.54) is 12.8 Å². The van der Waals surface area contributed by atoms with Crippen molar-refractivity contribution < 1.29 is 4.79 Å². The van der Waals surface area contributed by atoms with Gasteiger partial charge >= 0.3 is 0 Å². The quantitative estimate of drug-likeness (QED) is 0.867. The van der Waals surface area contributed by atoms with Crippen molar-refractivity contribution in [2.75, 3.05) is 11.9 Å². The molecule has 0 atom stereocenters. The van der Waals surface area contributed by atoms with Crippen molar-refractivity contribution in [1.29, 1.82) is 0 Å². The molecule has 1 saturated carbocycles. The summed E-state index contributed by atoms with van der Waals surface area (Å²) in [5.41, 5.74) is 0.394. The van der Waals surface area contributed by atoms with Gasteiger partial charge in [0.15, 0.2) is 5.69 Å². The molecule has 5 nitrogen and oxygen atoms in total. The van der Waals surface area contributed by atoms with Crippen molar-refractivity contribution >= 4 is 11.7 Å². The van der Waals surface area contributed by atoms with E-state index in [1.807, 2.05) is 0 Å². The largest absolute Gasteiger partial charge is 0.369 e. The van der Waals surface area contributed by atoms with E-state index in [4.69, 9.17) is 0 Å². The van der Waals surface area contributed by atoms with Gasteiger partial charge in [-0.1, -0.05) is 13.8 Å². The van der Waals surface area contributed by atoms with Crippen LogP contribution in [0.15, 0.2) is 12.1 Å². The van der Waals surface area contributed by atoms with E-state index in [9.17, 15) is 4.79 Å². The molecule has 1 aliphatic carbocycles. The Morgan fingerprint density at radius 1 is 1.25 bits per heavy atom. The van der Waals surface area contributed by atoms with Crippen LogP contribution in [0.25, 0.3) is 0 Å². The first-order valence-electron chi connectivity index (χ1n) is 7.57. The Labute approximate surface area is 120 Å². The lowest BCUT2D eigenvalue weighted by molar-refractivity contribution is 0.0917. The Hall–Kier alpha value is -1.65. The maximum atomic E-state index is 12.1. The lowest BCUT2D eigenvalue weighted by atomic mass is 9.87. The van der Waals surface area contributed by atoms with Crippen LogP contribution in [0.2, 0.25) is 0 Å². The number of hydrogen-bond acceptors (Lipinski definition) is 4. The van der Waals surface area contributed by atoms with Gasteiger partial charge in [-0.15, -0.1) is 10.2 Å². The highest BCUT2D eigenvalue weighted by atomic mass is 16.2. The van der Waals surface area contributed by atoms with Crippen molar-refractivity contribution in [3.63, 3.8) is 0 Å². The Bertz CT molecular complexity index is 424. The Morgan fingerprint density at radius 3 is 2.60 bits per heavy atom. The van der Waals surface area contributed by atoms with Crippen LogP contribution in [0.3, 0.4) is 0 Å². The topological polar surface area (TPSA) is 66.9 Å². The fraction of sp³-hybridized carbons (Fsp3) is 0.667. The van der Waals surface area contributed by atoms with E-state index >= 15 is 0 Å². The number of carbonyl (C=O) groups excluding carboxylic acids is 1. The molecule has 1 aromatic rings. The number of carbonyl (C=O) groups is 1. The lowest BCUT2D eigenvalue weighted by Gasteiger charge is -2.26. The van der Waals surface area contributed by atoms with Crippen LogP contribution in [-0.4, -0.2) is 28.7 Å². The van der Waals surface area contributed by atoms with Gasteiger partial charge in [0.1, 0.15) is 5.82 Å². The Kier molecular flexibility index (Phi) is 5.32. The first-order valence-corrected chi connectivity index (χ1v) is 7.57. The zero-order valence-electron chi connectivity index (χ0n) is 12.4. The van der Waals surface area contributed by atoms with Crippen LogP contribution in [0, 0.1) is 5.92 Å². The fourth-order valence-electron chi connectivity index (χ4n) is 2.46. The summed E-state index contributed by atoms with van der Waals surface area (Å²) in [6, 6.07) is 3.82. The number of amides is 1. The van der Waals surface area contributed by atoms with Gasteiger partial charge in [0, 0.05) is 12.6 Å². The minimum absolute atomic E-state index is 0.112. The second kappa shape index (κ2) is 7.22. The second-order valence-corrected chi connectivity index (χ2v) is 5.66. The Morgan fingerprint density at radius 2 is 2.00 bits per heavy atom. The fourth-order valence-corrected chi connectivity index (χ4v) is 2.46. The van der Waals surface area contributed by atoms with Crippen molar-refractivity contribution in [1.82, 2.24) is 15.5 Å². The monoisotopic (exact) mass is 276 g/mol. The molecule has 2 N–H and O–H groups in total. The highest BCUT2D eigenvalue weighted by molar-refractivity contribution is 5.92. The van der Waals surface area contributed by atoms with Gasteiger partial charge in [-0.25, -0.2) is 0 Å². The standard InChI is InChI=1S/C15H24N4O/c1-3-10-16-14-9-8-13(18-19-14)15(20)17-12-6-4-11(2)5-7-12/h8-9,11-12H,3-7,10H2,1-2H3,(H,16,19)(H,17,20). The van der Waals surface area contributed by atoms with Crippen LogP contribution in [0.1, 0.15) is 56.4 Å². The van der Waals surface area contributed by atoms with Gasteiger partial charge in [-0.05, 0) is 50.2 Å². The molecule has 1 aliphatic rings. The normalized spacial score (nSPS) is 22.3. The van der Waals surface area contributed by atoms with Crippen LogP contribution >= 0.6 is 0 Å². The molecule has 110 valence electrons. The van der Waals surface area contributed by atoms with Gasteiger partial charge in [0.2, 0.25) is 0 Å². The molecule has 0 aromatic carbocycles. The van der Waals surface area contributed by atoms with Crippen molar-refractivity contribution in [2.24, 2.45) is 5.92 Å². The molecule has 1 amide bonds. The minimum atomic E-state index is -0.112. The van der Waals surface area contributed by atoms with Crippen LogP contribution in [-0.2, 0) is 0 Å². The van der Waals surface area contributed by atoms with E-state index in [-0.39, 0.29) is 5.91 Å². The summed E-state index contributed by atoms with van der Waals surface area (Å²) in [5, 5.41) is 14.2. The molecule has 0 saturated heterocycles. The third-order valence-electron chi connectivity index (χ3n) is 3.80. The molecule has 0 radical (unpaired) electrons. The van der Waals surface area contributed by atoms with Gasteiger partial charge < -0.3 is 10.6 Å². The predicted octanol–water partition coefficient (Wildman–Crippen LogP) is 2.61. The number of anilines is 1. The maximum Gasteiger partial charge on any atom is 0.272 e. The van der Waals surface area contributed by atoms with E-state index in [0.29, 0.717) is 11.7 Å². The van der Waals surface area contributed by atoms with Gasteiger partial charge in [-0.2, -0.15) is 0 Å². The molecule has 0 unspecified atom stereocenters. The summed E-state index contributed by atoms with van der Waals surface area (Å²) < 4.78 is 0. The highest BCUT2D eigenvalue weighted by Gasteiger charge is 2.20. The summed E-state index contributed by atoms with van der Waals surface area (Å²) in [6.45, 7) is 5.22. The average Bonchev–Trinajstić information content (AvgIpc) is 2.48. The summed E-state index contributed by atoms with van der Waals surface area (Å²) in [5.74, 6) is 1.39. The predicted molar refractivity (Wildman–Crippen MR) is 79.7 cm³/mol. The van der Waals surface area contributed by atoms with Crippen molar-refractivity contribution in [2.45, 2.75) is 52.0 Å². The highest BCUT2D eigenvalue weighted by Crippen LogP contribution is 2.23. The average molecular weight is 276 g/mol. The molecule has 5 heteroatoms. The van der Waals surface area contributed by atoms with E-state index in [1.54, 1.807) is 12.1 Å². The first-order chi connectivity index (χ1) is 9.69. The van der Waals surface area contributed by atoms with Crippen LogP contribution in [0.4, 0.5) is 5.82 Å². The zero-order valence-corrected chi connectivity index (χ0v) is 12.4. The van der Waals surface area contributed by atoms with Crippen molar-refractivity contribution in [3.05, 3.63) is 17.8 Å². The lowest BCUT2D eigenvalue weighted by Crippen LogP contribution is -2.37. The van der Waals surface area contributed by atoms with Gasteiger partial charge in [-0.3, -0.25) is 4.79 Å². The molecule has 2 rings (SSSR count). The molecule has 20 heavy (non-hydrogen) atoms. The molecule has 0 bridgehead atoms. The minimum Gasteiger partial charge on any atom is -0.369 e. The number of nitrogens with one attached hydrogen (secondary N) is 2. The molecule has 1 heterocycles. The van der Waals surface area contributed by atoms with Crippen LogP contribution in [0.5, 0.6) is 0 Å². The number of rotatable bonds is 5. The third kappa shape index (κ3) is 4.18. The summed E-state index contributed by atoms with van der Waals surface area (Å²) in [6.07, 6.45) is 5.55. The number of nitrogens with zero attached hydrogens (tertiary/aromatic N) is 2. The molecular formula is C15H24N4O. The first kappa shape index (κ1) is 14.8. The molecule has 0 aliphatic heterocycles. The van der Waals surface area contributed by atoms with Gasteiger partial charge in [0.05, 0.1) is 0 Å². The molecule has 1 aromatic heterocycles. The second-order valence-electron chi connectivity index (χ2n) is 5.66. The van der Waals surface area contributed by atoms with Crippen LogP contribution < -0.4 is 10.6 Å². The molecular weight excluding hydrogens is 252 g/mol. The summed E-state index contributed by atoms with van der Waals surface area (Å²) in [4.78, 5) is 12.1. The zero-order chi connectivity index (χ0) is 14.4. The number of hydrogen-bond donors (Lipinski definition) is 2. The molecule has 1 fully saturated rings. The third-order valence-corrected chi connectivity index (χ3v) is 3.80. The smallest absolute Gasteiger partial charge is 0.272 e. The maximum absolute atomic E-state index is 12.1. The van der Waals surface area contributed by atoms with E-state index < -0.39 is 0 Å². The Balaban J connectivity index is 1.85. The number of aromatic nitrogens is 2. The van der Waals surface area contributed by atoms with E-state index in [2.05, 4.69) is 34.7 Å². The molecule has 0 spiro atoms. The summed E-state index contributed by atoms with van der Waals surface area (Å²) >= 11 is 0. The SMILES string of the molecule is CCCNc1ccc(C(=O)NC2CCC(C)CC2)nn1.